The van der Waals surface area contributed by atoms with Crippen LogP contribution >= 0.6 is 0 Å². The quantitative estimate of drug-likeness (QED) is 0.256. The van der Waals surface area contributed by atoms with Gasteiger partial charge in [0.25, 0.3) is 0 Å². The van der Waals surface area contributed by atoms with Gasteiger partial charge in [-0.2, -0.15) is 0 Å². The van der Waals surface area contributed by atoms with Crippen molar-refractivity contribution >= 4 is 43.1 Å². The van der Waals surface area contributed by atoms with Crippen molar-refractivity contribution in [1.29, 1.82) is 0 Å². The van der Waals surface area contributed by atoms with Crippen LogP contribution in [0.3, 0.4) is 0 Å². The minimum atomic E-state index is 1.04. The highest BCUT2D eigenvalue weighted by atomic mass is 14.1. The van der Waals surface area contributed by atoms with Crippen LogP contribution in [0.25, 0.3) is 43.1 Å². The van der Waals surface area contributed by atoms with Gasteiger partial charge in [-0.05, 0) is 92.0 Å². The lowest BCUT2D eigenvalue weighted by Crippen LogP contribution is -1.95. The summed E-state index contributed by atoms with van der Waals surface area (Å²) in [5.74, 6) is 0. The average Bonchev–Trinajstić information content (AvgIpc) is 2.83. The van der Waals surface area contributed by atoms with Crippen LogP contribution in [0, 0.1) is 13.8 Å². The van der Waals surface area contributed by atoms with E-state index in [1.807, 2.05) is 0 Å². The summed E-state index contributed by atoms with van der Waals surface area (Å²) >= 11 is 0. The van der Waals surface area contributed by atoms with Crippen molar-refractivity contribution in [3.63, 3.8) is 0 Å². The molecule has 0 N–H and O–H groups in total. The van der Waals surface area contributed by atoms with Crippen LogP contribution in [0.4, 0.5) is 0 Å². The normalized spacial score (nSPS) is 11.7. The highest BCUT2D eigenvalue weighted by Crippen LogP contribution is 2.32. The van der Waals surface area contributed by atoms with Crippen molar-refractivity contribution in [2.75, 3.05) is 0 Å². The second-order valence-electron chi connectivity index (χ2n) is 9.05. The van der Waals surface area contributed by atoms with E-state index in [1.54, 1.807) is 0 Å². The minimum Gasteiger partial charge on any atom is -0.0616 e. The summed E-state index contributed by atoms with van der Waals surface area (Å²) in [6.45, 7) is 4.45. The van der Waals surface area contributed by atoms with Gasteiger partial charge in [-0.3, -0.25) is 0 Å². The van der Waals surface area contributed by atoms with Crippen LogP contribution in [0.2, 0.25) is 0 Å². The van der Waals surface area contributed by atoms with Crippen molar-refractivity contribution in [2.24, 2.45) is 0 Å². The Labute approximate surface area is 189 Å². The van der Waals surface area contributed by atoms with E-state index < -0.39 is 0 Å². The Hall–Kier alpha value is -3.64. The van der Waals surface area contributed by atoms with Crippen LogP contribution in [-0.2, 0) is 12.8 Å². The first-order valence-electron chi connectivity index (χ1n) is 11.5. The molecular formula is C32H26. The zero-order valence-corrected chi connectivity index (χ0v) is 18.7. The molecule has 0 aliphatic carbocycles. The van der Waals surface area contributed by atoms with Crippen LogP contribution < -0.4 is 0 Å². The largest absolute Gasteiger partial charge is 0.0616 e. The second-order valence-corrected chi connectivity index (χ2v) is 9.05. The molecule has 0 aliphatic heterocycles. The molecular weight excluding hydrogens is 384 g/mol. The summed E-state index contributed by atoms with van der Waals surface area (Å²) < 4.78 is 0. The summed E-state index contributed by atoms with van der Waals surface area (Å²) in [5.41, 5.74) is 5.55. The van der Waals surface area contributed by atoms with Gasteiger partial charge in [-0.15, -0.1) is 0 Å². The van der Waals surface area contributed by atoms with Crippen LogP contribution in [0.1, 0.15) is 22.3 Å². The molecule has 0 spiro atoms. The van der Waals surface area contributed by atoms with E-state index in [4.69, 9.17) is 0 Å². The molecule has 0 radical (unpaired) electrons. The van der Waals surface area contributed by atoms with E-state index in [0.29, 0.717) is 0 Å². The third-order valence-corrected chi connectivity index (χ3v) is 7.02. The molecule has 154 valence electrons. The molecule has 0 heterocycles. The topological polar surface area (TPSA) is 0 Å². The second kappa shape index (κ2) is 7.50. The highest BCUT2D eigenvalue weighted by molar-refractivity contribution is 6.10. The van der Waals surface area contributed by atoms with E-state index in [0.717, 1.165) is 12.8 Å². The molecule has 0 saturated carbocycles. The van der Waals surface area contributed by atoms with E-state index in [1.165, 1.54) is 65.3 Å². The summed E-state index contributed by atoms with van der Waals surface area (Å²) in [6, 6.07) is 36.0. The van der Waals surface area contributed by atoms with Crippen molar-refractivity contribution < 1.29 is 0 Å². The smallest absolute Gasteiger partial charge is 0.0103 e. The van der Waals surface area contributed by atoms with Gasteiger partial charge in [0.05, 0.1) is 0 Å². The Morgan fingerprint density at radius 1 is 0.438 bits per heavy atom. The Morgan fingerprint density at radius 2 is 1.09 bits per heavy atom. The predicted octanol–water partition coefficient (Wildman–Crippen LogP) is 8.70. The molecule has 0 atom stereocenters. The third kappa shape index (κ3) is 3.07. The van der Waals surface area contributed by atoms with Crippen molar-refractivity contribution in [3.8, 4) is 0 Å². The van der Waals surface area contributed by atoms with Crippen molar-refractivity contribution in [2.45, 2.75) is 26.7 Å². The number of hydrogen-bond acceptors (Lipinski definition) is 0. The van der Waals surface area contributed by atoms with E-state index in [9.17, 15) is 0 Å². The molecule has 0 aliphatic rings. The van der Waals surface area contributed by atoms with Gasteiger partial charge in [-0.1, -0.05) is 97.1 Å². The van der Waals surface area contributed by atoms with Gasteiger partial charge in [0.15, 0.2) is 0 Å². The molecule has 0 fully saturated rings. The van der Waals surface area contributed by atoms with E-state index in [-0.39, 0.29) is 0 Å². The van der Waals surface area contributed by atoms with Gasteiger partial charge < -0.3 is 0 Å². The molecule has 0 aromatic heterocycles. The van der Waals surface area contributed by atoms with Crippen LogP contribution in [0.5, 0.6) is 0 Å². The maximum atomic E-state index is 2.42. The summed E-state index contributed by atoms with van der Waals surface area (Å²) in [6.07, 6.45) is 2.09. The fourth-order valence-electron chi connectivity index (χ4n) is 5.33. The molecule has 32 heavy (non-hydrogen) atoms. The van der Waals surface area contributed by atoms with Crippen LogP contribution in [-0.4, -0.2) is 0 Å². The third-order valence-electron chi connectivity index (χ3n) is 7.02. The molecule has 0 amide bonds. The standard InChI is InChI=1S/C32H26/c1-21-8-7-13-29-28-12-6-5-11-27(28)25(20-32(21)29)16-14-23-15-17-30-26-10-4-3-9-24(26)18-22(2)31(30)19-23/h3-13,15,17-20H,14,16H2,1-2H3. The van der Waals surface area contributed by atoms with Gasteiger partial charge in [-0.25, -0.2) is 0 Å². The van der Waals surface area contributed by atoms with E-state index in [2.05, 4.69) is 111 Å². The molecule has 6 aromatic carbocycles. The number of rotatable bonds is 3. The molecule has 0 nitrogen and oxygen atoms in total. The van der Waals surface area contributed by atoms with Gasteiger partial charge in [0, 0.05) is 0 Å². The number of hydrogen-bond donors (Lipinski definition) is 0. The molecule has 0 heteroatoms. The maximum absolute atomic E-state index is 2.42. The first kappa shape index (κ1) is 19.1. The monoisotopic (exact) mass is 410 g/mol. The minimum absolute atomic E-state index is 1.04. The highest BCUT2D eigenvalue weighted by Gasteiger charge is 2.09. The average molecular weight is 411 g/mol. The molecule has 0 saturated heterocycles. The Bertz CT molecular complexity index is 1640. The number of benzene rings is 6. The van der Waals surface area contributed by atoms with Crippen molar-refractivity contribution in [1.82, 2.24) is 0 Å². The fourth-order valence-corrected chi connectivity index (χ4v) is 5.33. The zero-order valence-electron chi connectivity index (χ0n) is 18.7. The van der Waals surface area contributed by atoms with Crippen LogP contribution in [0.15, 0.2) is 97.1 Å². The van der Waals surface area contributed by atoms with E-state index >= 15 is 0 Å². The summed E-state index contributed by atoms with van der Waals surface area (Å²) in [5, 5.41) is 10.9. The lowest BCUT2D eigenvalue weighted by Gasteiger charge is -2.13. The SMILES string of the molecule is Cc1cc2ccccc2c2ccc(CCc3cc4c(C)cccc4c4ccccc34)cc12. The Morgan fingerprint density at radius 3 is 1.97 bits per heavy atom. The Balaban J connectivity index is 1.43. The van der Waals surface area contributed by atoms with Crippen molar-refractivity contribution in [3.05, 3.63) is 119 Å². The maximum Gasteiger partial charge on any atom is -0.0103 e. The summed E-state index contributed by atoms with van der Waals surface area (Å²) in [7, 11) is 0. The first-order valence-corrected chi connectivity index (χ1v) is 11.5. The number of aryl methyl sites for hydroxylation is 4. The summed E-state index contributed by atoms with van der Waals surface area (Å²) in [4.78, 5) is 0. The first-order chi connectivity index (χ1) is 15.7. The predicted molar refractivity (Wildman–Crippen MR) is 140 cm³/mol. The van der Waals surface area contributed by atoms with Gasteiger partial charge in [0.1, 0.15) is 0 Å². The molecule has 0 bridgehead atoms. The zero-order chi connectivity index (χ0) is 21.7. The van der Waals surface area contributed by atoms with Gasteiger partial charge >= 0.3 is 0 Å². The van der Waals surface area contributed by atoms with Gasteiger partial charge in [0.2, 0.25) is 0 Å². The lowest BCUT2D eigenvalue weighted by molar-refractivity contribution is 0.973. The fraction of sp³-hybridized carbons (Fsp3) is 0.125. The Kier molecular flexibility index (Phi) is 4.47. The molecule has 6 rings (SSSR count). The molecule has 0 unspecified atom stereocenters. The number of fused-ring (bicyclic) bond motifs is 6. The lowest BCUT2D eigenvalue weighted by atomic mass is 9.91. The molecule has 6 aromatic rings.